The molecule has 0 amide bonds. The number of carbonyl (C=O) groups excluding carboxylic acids is 1. The third-order valence-electron chi connectivity index (χ3n) is 5.50. The first-order valence-electron chi connectivity index (χ1n) is 8.70. The molecule has 1 atom stereocenters. The summed E-state index contributed by atoms with van der Waals surface area (Å²) in [6.07, 6.45) is 0.682. The molecule has 1 aromatic heterocycles. The molecule has 0 N–H and O–H groups in total. The summed E-state index contributed by atoms with van der Waals surface area (Å²) < 4.78 is 7.96. The molecule has 2 aliphatic heterocycles. The zero-order valence-electron chi connectivity index (χ0n) is 14.7. The summed E-state index contributed by atoms with van der Waals surface area (Å²) in [7, 11) is 0. The van der Waals surface area contributed by atoms with Crippen molar-refractivity contribution in [3.05, 3.63) is 53.6 Å². The summed E-state index contributed by atoms with van der Waals surface area (Å²) in [6.45, 7) is 6.64. The second-order valence-electron chi connectivity index (χ2n) is 7.97. The topological polar surface area (TPSA) is 44.1 Å². The number of esters is 1. The summed E-state index contributed by atoms with van der Waals surface area (Å²) in [4.78, 5) is 17.9. The second kappa shape index (κ2) is 4.51. The molecule has 1 fully saturated rings. The monoisotopic (exact) mass is 332 g/mol. The lowest BCUT2D eigenvalue weighted by Gasteiger charge is -2.34. The molecule has 2 aliphatic rings. The lowest BCUT2D eigenvalue weighted by atomic mass is 9.71. The minimum atomic E-state index is -0.638. The Kier molecular flexibility index (Phi) is 2.65. The van der Waals surface area contributed by atoms with Gasteiger partial charge >= 0.3 is 5.97 Å². The maximum Gasteiger partial charge on any atom is 0.319 e. The zero-order valence-corrected chi connectivity index (χ0v) is 14.7. The molecule has 0 saturated carbocycles. The number of ether oxygens (including phenoxy) is 1. The van der Waals surface area contributed by atoms with E-state index in [1.807, 2.05) is 32.0 Å². The molecule has 5 rings (SSSR count). The summed E-state index contributed by atoms with van der Waals surface area (Å²) in [5.41, 5.74) is 4.20. The molecule has 25 heavy (non-hydrogen) atoms. The van der Waals surface area contributed by atoms with Gasteiger partial charge in [-0.25, -0.2) is 4.98 Å². The van der Waals surface area contributed by atoms with Crippen molar-refractivity contribution in [2.75, 3.05) is 0 Å². The Morgan fingerprint density at radius 1 is 1.16 bits per heavy atom. The van der Waals surface area contributed by atoms with E-state index in [2.05, 4.69) is 35.8 Å². The van der Waals surface area contributed by atoms with Gasteiger partial charge in [0.1, 0.15) is 16.8 Å². The fourth-order valence-electron chi connectivity index (χ4n) is 4.55. The van der Waals surface area contributed by atoms with E-state index in [0.29, 0.717) is 13.0 Å². The number of rotatable bonds is 0. The van der Waals surface area contributed by atoms with E-state index >= 15 is 0 Å². The number of aromatic nitrogens is 2. The van der Waals surface area contributed by atoms with Gasteiger partial charge in [0.15, 0.2) is 0 Å². The van der Waals surface area contributed by atoms with Gasteiger partial charge in [-0.2, -0.15) is 0 Å². The molecule has 126 valence electrons. The predicted octanol–water partition coefficient (Wildman–Crippen LogP) is 3.99. The molecule has 2 aromatic carbocycles. The van der Waals surface area contributed by atoms with E-state index in [0.717, 1.165) is 33.5 Å². The number of cyclic esters (lactones) is 1. The fourth-order valence-corrected chi connectivity index (χ4v) is 4.55. The number of aryl methyl sites for hydroxylation is 1. The molecule has 0 radical (unpaired) electrons. The van der Waals surface area contributed by atoms with Crippen LogP contribution in [-0.4, -0.2) is 21.1 Å². The number of benzene rings is 2. The Bertz CT molecular complexity index is 1050. The Morgan fingerprint density at radius 2 is 1.96 bits per heavy atom. The van der Waals surface area contributed by atoms with Gasteiger partial charge in [0, 0.05) is 18.5 Å². The molecule has 1 saturated heterocycles. The van der Waals surface area contributed by atoms with E-state index in [1.165, 1.54) is 0 Å². The highest BCUT2D eigenvalue weighted by molar-refractivity contribution is 5.92. The van der Waals surface area contributed by atoms with Crippen LogP contribution in [0, 0.1) is 6.92 Å². The number of nitrogens with zero attached hydrogens (tertiary/aromatic N) is 2. The third-order valence-corrected chi connectivity index (χ3v) is 5.50. The van der Waals surface area contributed by atoms with Crippen molar-refractivity contribution in [2.24, 2.45) is 0 Å². The molecule has 4 nitrogen and oxygen atoms in total. The number of imidazole rings is 1. The van der Waals surface area contributed by atoms with Crippen LogP contribution in [0.15, 0.2) is 42.5 Å². The molecule has 1 unspecified atom stereocenters. The number of fused-ring (bicyclic) bond motifs is 6. The fraction of sp³-hybridized carbons (Fsp3) is 0.333. The Hall–Kier alpha value is -2.62. The molecule has 3 heterocycles. The summed E-state index contributed by atoms with van der Waals surface area (Å²) in [5.74, 6) is 0.826. The van der Waals surface area contributed by atoms with Crippen molar-refractivity contribution in [2.45, 2.75) is 44.8 Å². The highest BCUT2D eigenvalue weighted by atomic mass is 16.6. The minimum Gasteiger partial charge on any atom is -0.459 e. The van der Waals surface area contributed by atoms with Gasteiger partial charge in [0.2, 0.25) is 0 Å². The van der Waals surface area contributed by atoms with Crippen molar-refractivity contribution >= 4 is 17.0 Å². The first kappa shape index (κ1) is 14.7. The molecular formula is C21H20N2O2. The van der Waals surface area contributed by atoms with Crippen molar-refractivity contribution in [1.29, 1.82) is 0 Å². The Labute approximate surface area is 146 Å². The van der Waals surface area contributed by atoms with Gasteiger partial charge in [-0.05, 0) is 38.5 Å². The van der Waals surface area contributed by atoms with Crippen LogP contribution in [0.25, 0.3) is 22.4 Å². The normalized spacial score (nSPS) is 23.6. The maximum absolute atomic E-state index is 13.1. The Morgan fingerprint density at radius 3 is 2.72 bits per heavy atom. The van der Waals surface area contributed by atoms with Gasteiger partial charge in [-0.15, -0.1) is 0 Å². The smallest absolute Gasteiger partial charge is 0.319 e. The quantitative estimate of drug-likeness (QED) is 0.585. The average molecular weight is 332 g/mol. The lowest BCUT2D eigenvalue weighted by molar-refractivity contribution is -0.150. The molecule has 1 spiro atoms. The van der Waals surface area contributed by atoms with Crippen LogP contribution in [0.5, 0.6) is 0 Å². The summed E-state index contributed by atoms with van der Waals surface area (Å²) in [6, 6.07) is 14.4. The van der Waals surface area contributed by atoms with E-state index in [-0.39, 0.29) is 5.97 Å². The van der Waals surface area contributed by atoms with Crippen molar-refractivity contribution in [3.63, 3.8) is 0 Å². The van der Waals surface area contributed by atoms with Crippen LogP contribution in [0.2, 0.25) is 0 Å². The van der Waals surface area contributed by atoms with Gasteiger partial charge in [-0.3, -0.25) is 4.79 Å². The third kappa shape index (κ3) is 1.88. The van der Waals surface area contributed by atoms with Gasteiger partial charge in [0.25, 0.3) is 0 Å². The van der Waals surface area contributed by atoms with Gasteiger partial charge in [-0.1, -0.05) is 35.9 Å². The van der Waals surface area contributed by atoms with E-state index < -0.39 is 11.0 Å². The van der Waals surface area contributed by atoms with Crippen molar-refractivity contribution in [3.8, 4) is 11.4 Å². The van der Waals surface area contributed by atoms with Crippen LogP contribution in [-0.2, 0) is 21.5 Å². The summed E-state index contributed by atoms with van der Waals surface area (Å²) >= 11 is 0. The number of para-hydroxylation sites is 2. The van der Waals surface area contributed by atoms with Gasteiger partial charge in [0.05, 0.1) is 11.0 Å². The molecule has 4 heteroatoms. The molecule has 3 aromatic rings. The number of hydrogen-bond acceptors (Lipinski definition) is 3. The van der Waals surface area contributed by atoms with Crippen LogP contribution in [0.4, 0.5) is 0 Å². The largest absolute Gasteiger partial charge is 0.459 e. The summed E-state index contributed by atoms with van der Waals surface area (Å²) in [5, 5.41) is 0. The number of carbonyl (C=O) groups is 1. The highest BCUT2D eigenvalue weighted by Gasteiger charge is 2.56. The lowest BCUT2D eigenvalue weighted by Crippen LogP contribution is -2.40. The van der Waals surface area contributed by atoms with Crippen LogP contribution >= 0.6 is 0 Å². The maximum atomic E-state index is 13.1. The van der Waals surface area contributed by atoms with Crippen molar-refractivity contribution in [1.82, 2.24) is 9.55 Å². The Balaban J connectivity index is 1.86. The SMILES string of the molecule is Cc1ccc2c(c1)C1(Cn3c-2nc2ccccc23)CC(C)(C)OC1=O. The van der Waals surface area contributed by atoms with Crippen LogP contribution < -0.4 is 0 Å². The van der Waals surface area contributed by atoms with Gasteiger partial charge < -0.3 is 9.30 Å². The highest BCUT2D eigenvalue weighted by Crippen LogP contribution is 2.50. The standard InChI is InChI=1S/C21H20N2O2/c1-13-8-9-14-15(10-13)21(11-20(2,3)25-19(21)24)12-23-17-7-5-4-6-16(17)22-18(14)23/h4-10H,11-12H2,1-3H3. The average Bonchev–Trinajstić information content (AvgIpc) is 3.03. The van der Waals surface area contributed by atoms with Crippen LogP contribution in [0.3, 0.4) is 0 Å². The van der Waals surface area contributed by atoms with E-state index in [4.69, 9.17) is 9.72 Å². The zero-order chi connectivity index (χ0) is 17.4. The van der Waals surface area contributed by atoms with Crippen molar-refractivity contribution < 1.29 is 9.53 Å². The number of hydrogen-bond donors (Lipinski definition) is 0. The first-order valence-corrected chi connectivity index (χ1v) is 8.70. The second-order valence-corrected chi connectivity index (χ2v) is 7.97. The molecule has 0 aliphatic carbocycles. The molecule has 0 bridgehead atoms. The van der Waals surface area contributed by atoms with Crippen LogP contribution in [0.1, 0.15) is 31.4 Å². The van der Waals surface area contributed by atoms with E-state index in [9.17, 15) is 4.79 Å². The predicted molar refractivity (Wildman–Crippen MR) is 96.4 cm³/mol. The molecular weight excluding hydrogens is 312 g/mol. The minimum absolute atomic E-state index is 0.118. The van der Waals surface area contributed by atoms with E-state index in [1.54, 1.807) is 0 Å². The first-order chi connectivity index (χ1) is 11.9.